The molecule has 0 atom stereocenters. The van der Waals surface area contributed by atoms with E-state index in [1.807, 2.05) is 26.8 Å². The van der Waals surface area contributed by atoms with Crippen LogP contribution >= 0.6 is 0 Å². The minimum Gasteiger partial charge on any atom is -0.504 e. The highest BCUT2D eigenvalue weighted by Gasteiger charge is 2.27. The number of benzene rings is 1. The minimum atomic E-state index is -0.501. The zero-order valence-corrected chi connectivity index (χ0v) is 12.4. The summed E-state index contributed by atoms with van der Waals surface area (Å²) in [7, 11) is 1.53. The van der Waals surface area contributed by atoms with Crippen LogP contribution in [0.2, 0.25) is 0 Å². The second-order valence-electron chi connectivity index (χ2n) is 5.91. The highest BCUT2D eigenvalue weighted by Crippen LogP contribution is 2.35. The first kappa shape index (κ1) is 14.5. The van der Waals surface area contributed by atoms with Crippen LogP contribution in [0.4, 0.5) is 4.79 Å². The third-order valence-corrected chi connectivity index (χ3v) is 3.21. The van der Waals surface area contributed by atoms with E-state index in [1.165, 1.54) is 7.11 Å². The highest BCUT2D eigenvalue weighted by molar-refractivity contribution is 5.69. The Bertz CT molecular complexity index is 519. The normalized spacial score (nSPS) is 14.7. The van der Waals surface area contributed by atoms with Crippen molar-refractivity contribution in [3.05, 3.63) is 23.3 Å². The number of hydrogen-bond donors (Lipinski definition) is 1. The van der Waals surface area contributed by atoms with E-state index in [4.69, 9.17) is 9.47 Å². The Kier molecular flexibility index (Phi) is 3.79. The van der Waals surface area contributed by atoms with Gasteiger partial charge in [-0.1, -0.05) is 6.07 Å². The molecule has 0 saturated carbocycles. The number of phenolic OH excluding ortho intramolecular Hbond substituents is 1. The summed E-state index contributed by atoms with van der Waals surface area (Å²) in [5.41, 5.74) is 1.28. The Morgan fingerprint density at radius 2 is 2.05 bits per heavy atom. The lowest BCUT2D eigenvalue weighted by molar-refractivity contribution is 0.0223. The zero-order chi connectivity index (χ0) is 14.9. The number of rotatable bonds is 1. The number of phenols is 1. The molecular formula is C15H21NO4. The molecule has 0 aliphatic carbocycles. The summed E-state index contributed by atoms with van der Waals surface area (Å²) in [4.78, 5) is 13.7. The van der Waals surface area contributed by atoms with Gasteiger partial charge >= 0.3 is 6.09 Å². The molecule has 110 valence electrons. The zero-order valence-electron chi connectivity index (χ0n) is 12.4. The summed E-state index contributed by atoms with van der Waals surface area (Å²) < 4.78 is 10.5. The molecule has 1 aliphatic heterocycles. The van der Waals surface area contributed by atoms with Crippen LogP contribution < -0.4 is 4.74 Å². The maximum Gasteiger partial charge on any atom is 0.410 e. The summed E-state index contributed by atoms with van der Waals surface area (Å²) in [6.45, 7) is 6.52. The molecule has 1 heterocycles. The van der Waals surface area contributed by atoms with Crippen molar-refractivity contribution in [3.8, 4) is 11.5 Å². The number of carbonyl (C=O) groups excluding carboxylic acids is 1. The number of hydrogen-bond acceptors (Lipinski definition) is 4. The number of aromatic hydroxyl groups is 1. The predicted molar refractivity (Wildman–Crippen MR) is 75.0 cm³/mol. The quantitative estimate of drug-likeness (QED) is 0.858. The lowest BCUT2D eigenvalue weighted by Crippen LogP contribution is -2.39. The van der Waals surface area contributed by atoms with Gasteiger partial charge in [0.25, 0.3) is 0 Å². The summed E-state index contributed by atoms with van der Waals surface area (Å²) in [5.74, 6) is 0.642. The molecule has 20 heavy (non-hydrogen) atoms. The monoisotopic (exact) mass is 279 g/mol. The molecule has 1 aromatic carbocycles. The highest BCUT2D eigenvalue weighted by atomic mass is 16.6. The van der Waals surface area contributed by atoms with Crippen molar-refractivity contribution in [2.24, 2.45) is 0 Å². The summed E-state index contributed by atoms with van der Waals surface area (Å²) in [6.07, 6.45) is 0.274. The third-order valence-electron chi connectivity index (χ3n) is 3.21. The van der Waals surface area contributed by atoms with E-state index >= 15 is 0 Å². The van der Waals surface area contributed by atoms with Crippen molar-refractivity contribution in [3.63, 3.8) is 0 Å². The average Bonchev–Trinajstić information content (AvgIpc) is 2.37. The van der Waals surface area contributed by atoms with Crippen molar-refractivity contribution >= 4 is 6.09 Å². The van der Waals surface area contributed by atoms with Gasteiger partial charge in [-0.2, -0.15) is 0 Å². The van der Waals surface area contributed by atoms with E-state index < -0.39 is 5.60 Å². The lowest BCUT2D eigenvalue weighted by atomic mass is 9.98. The lowest BCUT2D eigenvalue weighted by Gasteiger charge is -2.31. The molecule has 2 rings (SSSR count). The fourth-order valence-electron chi connectivity index (χ4n) is 2.26. The van der Waals surface area contributed by atoms with Gasteiger partial charge in [0.1, 0.15) is 5.60 Å². The van der Waals surface area contributed by atoms with Gasteiger partial charge in [-0.3, -0.25) is 0 Å². The Hall–Kier alpha value is -1.91. The van der Waals surface area contributed by atoms with Gasteiger partial charge in [-0.15, -0.1) is 0 Å². The number of nitrogens with zero attached hydrogens (tertiary/aromatic N) is 1. The summed E-state index contributed by atoms with van der Waals surface area (Å²) >= 11 is 0. The second kappa shape index (κ2) is 5.23. The van der Waals surface area contributed by atoms with Gasteiger partial charge in [-0.25, -0.2) is 4.79 Å². The van der Waals surface area contributed by atoms with Crippen LogP contribution in [0.15, 0.2) is 12.1 Å². The number of carbonyl (C=O) groups is 1. The number of amides is 1. The van der Waals surface area contributed by atoms with E-state index in [0.29, 0.717) is 25.3 Å². The number of methoxy groups -OCH3 is 1. The molecule has 0 fully saturated rings. The molecular weight excluding hydrogens is 258 g/mol. The Labute approximate surface area is 119 Å². The summed E-state index contributed by atoms with van der Waals surface area (Å²) in [5, 5.41) is 10.1. The van der Waals surface area contributed by atoms with Gasteiger partial charge in [-0.05, 0) is 38.8 Å². The topological polar surface area (TPSA) is 59.0 Å². The molecule has 0 bridgehead atoms. The standard InChI is InChI=1S/C15H21NO4/c1-15(2,3)20-14(18)16-8-7-11-10(9-16)5-6-12(19-4)13(11)17/h5-6,17H,7-9H2,1-4H3. The maximum atomic E-state index is 12.0. The van der Waals surface area contributed by atoms with Crippen molar-refractivity contribution in [1.82, 2.24) is 4.90 Å². The Morgan fingerprint density at radius 1 is 1.35 bits per heavy atom. The van der Waals surface area contributed by atoms with Crippen LogP contribution in [0.3, 0.4) is 0 Å². The Morgan fingerprint density at radius 3 is 2.65 bits per heavy atom. The molecule has 5 heteroatoms. The number of fused-ring (bicyclic) bond motifs is 1. The SMILES string of the molecule is COc1ccc2c(c1O)CCN(C(=O)OC(C)(C)C)C2. The molecule has 0 spiro atoms. The third kappa shape index (κ3) is 2.98. The van der Waals surface area contributed by atoms with Crippen LogP contribution in [-0.2, 0) is 17.7 Å². The van der Waals surface area contributed by atoms with Crippen molar-refractivity contribution in [1.29, 1.82) is 0 Å². The number of ether oxygens (including phenoxy) is 2. The van der Waals surface area contributed by atoms with Gasteiger partial charge in [0.15, 0.2) is 11.5 Å². The largest absolute Gasteiger partial charge is 0.504 e. The Balaban J connectivity index is 2.16. The first-order chi connectivity index (χ1) is 9.31. The predicted octanol–water partition coefficient (Wildman–Crippen LogP) is 2.69. The van der Waals surface area contributed by atoms with Crippen LogP contribution in [0, 0.1) is 0 Å². The van der Waals surface area contributed by atoms with Crippen LogP contribution in [0.5, 0.6) is 11.5 Å². The fraction of sp³-hybridized carbons (Fsp3) is 0.533. The van der Waals surface area contributed by atoms with Crippen LogP contribution in [0.1, 0.15) is 31.9 Å². The summed E-state index contributed by atoms with van der Waals surface area (Å²) in [6, 6.07) is 3.59. The molecule has 1 aliphatic rings. The first-order valence-electron chi connectivity index (χ1n) is 6.67. The molecule has 0 aromatic heterocycles. The molecule has 1 amide bonds. The maximum absolute atomic E-state index is 12.0. The van der Waals surface area contributed by atoms with Crippen molar-refractivity contribution in [2.45, 2.75) is 39.3 Å². The molecule has 0 radical (unpaired) electrons. The minimum absolute atomic E-state index is 0.175. The van der Waals surface area contributed by atoms with Crippen LogP contribution in [-0.4, -0.2) is 35.4 Å². The molecule has 0 unspecified atom stereocenters. The van der Waals surface area contributed by atoms with Crippen molar-refractivity contribution in [2.75, 3.05) is 13.7 Å². The van der Waals surface area contributed by atoms with Gasteiger partial charge < -0.3 is 19.5 Å². The average molecular weight is 279 g/mol. The van der Waals surface area contributed by atoms with Gasteiger partial charge in [0.05, 0.1) is 7.11 Å². The fourth-order valence-corrected chi connectivity index (χ4v) is 2.26. The second-order valence-corrected chi connectivity index (χ2v) is 5.91. The smallest absolute Gasteiger partial charge is 0.410 e. The molecule has 1 aromatic rings. The molecule has 5 nitrogen and oxygen atoms in total. The van der Waals surface area contributed by atoms with E-state index in [9.17, 15) is 9.90 Å². The van der Waals surface area contributed by atoms with E-state index in [0.717, 1.165) is 11.1 Å². The van der Waals surface area contributed by atoms with Gasteiger partial charge in [0.2, 0.25) is 0 Å². The van der Waals surface area contributed by atoms with E-state index in [2.05, 4.69) is 0 Å². The molecule has 0 saturated heterocycles. The van der Waals surface area contributed by atoms with E-state index in [1.54, 1.807) is 11.0 Å². The first-order valence-corrected chi connectivity index (χ1v) is 6.67. The van der Waals surface area contributed by atoms with Crippen LogP contribution in [0.25, 0.3) is 0 Å². The van der Waals surface area contributed by atoms with E-state index in [-0.39, 0.29) is 11.8 Å². The molecule has 1 N–H and O–H groups in total. The van der Waals surface area contributed by atoms with Crippen molar-refractivity contribution < 1.29 is 19.4 Å². The van der Waals surface area contributed by atoms with Gasteiger partial charge in [0, 0.05) is 18.7 Å².